The van der Waals surface area contributed by atoms with Gasteiger partial charge in [0.25, 0.3) is 0 Å². The van der Waals surface area contributed by atoms with Crippen molar-refractivity contribution in [2.24, 2.45) is 0 Å². The van der Waals surface area contributed by atoms with E-state index in [1.165, 1.54) is 7.11 Å². The van der Waals surface area contributed by atoms with Gasteiger partial charge in [-0.15, -0.1) is 0 Å². The highest BCUT2D eigenvalue weighted by molar-refractivity contribution is 9.10. The van der Waals surface area contributed by atoms with E-state index in [9.17, 15) is 5.11 Å². The lowest BCUT2D eigenvalue weighted by Gasteiger charge is -2.09. The summed E-state index contributed by atoms with van der Waals surface area (Å²) in [6.07, 6.45) is 1.59. The first-order chi connectivity index (χ1) is 9.10. The third-order valence-electron chi connectivity index (χ3n) is 2.45. The molecule has 1 heterocycles. The van der Waals surface area contributed by atoms with Gasteiger partial charge >= 0.3 is 0 Å². The number of rotatable bonds is 4. The SMILES string of the molecule is COc1nc(NCc2cc(N)ccc2O)ncc1Br. The predicted molar refractivity (Wildman–Crippen MR) is 76.1 cm³/mol. The summed E-state index contributed by atoms with van der Waals surface area (Å²) in [5.74, 6) is 1.02. The molecule has 0 bridgehead atoms. The molecule has 100 valence electrons. The molecule has 2 rings (SSSR count). The van der Waals surface area contributed by atoms with Crippen LogP contribution in [-0.4, -0.2) is 22.2 Å². The van der Waals surface area contributed by atoms with E-state index in [4.69, 9.17) is 10.5 Å². The zero-order valence-corrected chi connectivity index (χ0v) is 11.8. The number of nitrogens with one attached hydrogen (secondary N) is 1. The van der Waals surface area contributed by atoms with Crippen molar-refractivity contribution >= 4 is 27.6 Å². The Bertz CT molecular complexity index is 592. The van der Waals surface area contributed by atoms with Gasteiger partial charge in [0, 0.05) is 17.8 Å². The van der Waals surface area contributed by atoms with E-state index >= 15 is 0 Å². The molecule has 0 atom stereocenters. The van der Waals surface area contributed by atoms with Crippen molar-refractivity contribution in [3.05, 3.63) is 34.4 Å². The number of nitrogen functional groups attached to an aromatic ring is 1. The lowest BCUT2D eigenvalue weighted by Crippen LogP contribution is -2.05. The lowest BCUT2D eigenvalue weighted by atomic mass is 10.2. The van der Waals surface area contributed by atoms with Crippen LogP contribution in [-0.2, 0) is 6.54 Å². The minimum atomic E-state index is 0.172. The van der Waals surface area contributed by atoms with Crippen molar-refractivity contribution in [2.75, 3.05) is 18.2 Å². The molecule has 0 aliphatic heterocycles. The number of benzene rings is 1. The summed E-state index contributed by atoms with van der Waals surface area (Å²) >= 11 is 3.27. The highest BCUT2D eigenvalue weighted by atomic mass is 79.9. The van der Waals surface area contributed by atoms with Crippen LogP contribution >= 0.6 is 15.9 Å². The molecule has 1 aromatic heterocycles. The maximum absolute atomic E-state index is 9.69. The van der Waals surface area contributed by atoms with Crippen molar-refractivity contribution in [3.8, 4) is 11.6 Å². The van der Waals surface area contributed by atoms with E-state index in [1.807, 2.05) is 0 Å². The Morgan fingerprint density at radius 3 is 3.00 bits per heavy atom. The fraction of sp³-hybridized carbons (Fsp3) is 0.167. The van der Waals surface area contributed by atoms with Crippen LogP contribution in [0.1, 0.15) is 5.56 Å². The smallest absolute Gasteiger partial charge is 0.232 e. The number of aromatic hydroxyl groups is 1. The van der Waals surface area contributed by atoms with Crippen molar-refractivity contribution in [2.45, 2.75) is 6.54 Å². The van der Waals surface area contributed by atoms with E-state index in [0.29, 0.717) is 34.1 Å². The predicted octanol–water partition coefficient (Wildman–Crippen LogP) is 2.15. The van der Waals surface area contributed by atoms with Gasteiger partial charge in [0.1, 0.15) is 5.75 Å². The normalized spacial score (nSPS) is 10.2. The first-order valence-corrected chi connectivity index (χ1v) is 6.27. The Labute approximate surface area is 118 Å². The van der Waals surface area contributed by atoms with Crippen molar-refractivity contribution < 1.29 is 9.84 Å². The number of methoxy groups -OCH3 is 1. The summed E-state index contributed by atoms with van der Waals surface area (Å²) in [6.45, 7) is 0.363. The molecule has 0 fully saturated rings. The van der Waals surface area contributed by atoms with Crippen molar-refractivity contribution in [1.29, 1.82) is 0 Å². The van der Waals surface area contributed by atoms with Crippen LogP contribution in [0.5, 0.6) is 11.6 Å². The molecule has 0 aliphatic rings. The minimum Gasteiger partial charge on any atom is -0.508 e. The van der Waals surface area contributed by atoms with Gasteiger partial charge in [0.15, 0.2) is 0 Å². The Hall–Kier alpha value is -2.02. The zero-order valence-electron chi connectivity index (χ0n) is 10.2. The van der Waals surface area contributed by atoms with E-state index in [2.05, 4.69) is 31.2 Å². The Balaban J connectivity index is 2.12. The van der Waals surface area contributed by atoms with E-state index in [-0.39, 0.29) is 5.75 Å². The Morgan fingerprint density at radius 2 is 2.26 bits per heavy atom. The quantitative estimate of drug-likeness (QED) is 0.589. The monoisotopic (exact) mass is 324 g/mol. The molecular weight excluding hydrogens is 312 g/mol. The molecule has 0 unspecified atom stereocenters. The lowest BCUT2D eigenvalue weighted by molar-refractivity contribution is 0.394. The van der Waals surface area contributed by atoms with E-state index in [1.54, 1.807) is 24.4 Å². The average molecular weight is 325 g/mol. The fourth-order valence-electron chi connectivity index (χ4n) is 1.50. The van der Waals surface area contributed by atoms with Crippen LogP contribution in [0, 0.1) is 0 Å². The number of ether oxygens (including phenoxy) is 1. The van der Waals surface area contributed by atoms with Gasteiger partial charge in [0.2, 0.25) is 11.8 Å². The van der Waals surface area contributed by atoms with E-state index in [0.717, 1.165) is 0 Å². The molecule has 19 heavy (non-hydrogen) atoms. The molecule has 0 aliphatic carbocycles. The number of nitrogens with zero attached hydrogens (tertiary/aromatic N) is 2. The number of nitrogens with two attached hydrogens (primary N) is 1. The second-order valence-electron chi connectivity index (χ2n) is 3.79. The van der Waals surface area contributed by atoms with Gasteiger partial charge in [-0.25, -0.2) is 4.98 Å². The molecule has 4 N–H and O–H groups in total. The topological polar surface area (TPSA) is 93.3 Å². The molecule has 0 saturated carbocycles. The molecule has 6 nitrogen and oxygen atoms in total. The zero-order chi connectivity index (χ0) is 13.8. The number of anilines is 2. The third-order valence-corrected chi connectivity index (χ3v) is 2.99. The van der Waals surface area contributed by atoms with Crippen LogP contribution in [0.3, 0.4) is 0 Å². The van der Waals surface area contributed by atoms with Crippen LogP contribution in [0.25, 0.3) is 0 Å². The minimum absolute atomic E-state index is 0.172. The molecule has 2 aromatic rings. The first kappa shape index (κ1) is 13.4. The number of phenols is 1. The molecular formula is C12H13BrN4O2. The van der Waals surface area contributed by atoms with Crippen LogP contribution in [0.4, 0.5) is 11.6 Å². The highest BCUT2D eigenvalue weighted by Crippen LogP contribution is 2.23. The summed E-state index contributed by atoms with van der Waals surface area (Å²) in [5, 5.41) is 12.7. The maximum atomic E-state index is 9.69. The summed E-state index contributed by atoms with van der Waals surface area (Å²) in [7, 11) is 1.53. The molecule has 0 saturated heterocycles. The van der Waals surface area contributed by atoms with Gasteiger partial charge in [0.05, 0.1) is 17.8 Å². The second-order valence-corrected chi connectivity index (χ2v) is 4.65. The van der Waals surface area contributed by atoms with Gasteiger partial charge in [-0.1, -0.05) is 0 Å². The van der Waals surface area contributed by atoms with Crippen LogP contribution in [0.2, 0.25) is 0 Å². The third kappa shape index (κ3) is 3.25. The molecule has 7 heteroatoms. The van der Waals surface area contributed by atoms with Gasteiger partial charge in [-0.05, 0) is 34.1 Å². The number of halogens is 1. The Morgan fingerprint density at radius 1 is 1.47 bits per heavy atom. The standard InChI is InChI=1S/C12H13BrN4O2/c1-19-11-9(13)6-16-12(17-11)15-5-7-4-8(14)2-3-10(7)18/h2-4,6,18H,5,14H2,1H3,(H,15,16,17). The Kier molecular flexibility index (Phi) is 4.06. The van der Waals surface area contributed by atoms with E-state index < -0.39 is 0 Å². The van der Waals surface area contributed by atoms with Crippen molar-refractivity contribution in [1.82, 2.24) is 9.97 Å². The molecule has 1 aromatic carbocycles. The first-order valence-electron chi connectivity index (χ1n) is 5.48. The summed E-state index contributed by atoms with van der Waals surface area (Å²) in [4.78, 5) is 8.25. The largest absolute Gasteiger partial charge is 0.508 e. The molecule has 0 spiro atoms. The van der Waals surface area contributed by atoms with Gasteiger partial charge in [-0.3, -0.25) is 0 Å². The molecule has 0 amide bonds. The summed E-state index contributed by atoms with van der Waals surface area (Å²) in [5.41, 5.74) is 6.92. The number of hydrogen-bond donors (Lipinski definition) is 3. The summed E-state index contributed by atoms with van der Waals surface area (Å²) < 4.78 is 5.75. The fourth-order valence-corrected chi connectivity index (χ4v) is 1.85. The van der Waals surface area contributed by atoms with Gasteiger partial charge < -0.3 is 20.9 Å². The average Bonchev–Trinajstić information content (AvgIpc) is 2.41. The number of hydrogen-bond acceptors (Lipinski definition) is 6. The highest BCUT2D eigenvalue weighted by Gasteiger charge is 2.06. The number of phenolic OH excluding ortho intramolecular Hbond substituents is 1. The number of aromatic nitrogens is 2. The maximum Gasteiger partial charge on any atom is 0.232 e. The second kappa shape index (κ2) is 5.75. The molecule has 0 radical (unpaired) electrons. The van der Waals surface area contributed by atoms with Gasteiger partial charge in [-0.2, -0.15) is 4.98 Å². The van der Waals surface area contributed by atoms with Crippen molar-refractivity contribution in [3.63, 3.8) is 0 Å². The summed E-state index contributed by atoms with van der Waals surface area (Å²) in [6, 6.07) is 4.88. The van der Waals surface area contributed by atoms with Crippen LogP contribution < -0.4 is 15.8 Å². The van der Waals surface area contributed by atoms with Crippen LogP contribution in [0.15, 0.2) is 28.9 Å².